The van der Waals surface area contributed by atoms with Gasteiger partial charge in [-0.05, 0) is 18.4 Å². The monoisotopic (exact) mass is 154 g/mol. The van der Waals surface area contributed by atoms with Gasteiger partial charge < -0.3 is 0 Å². The molecule has 0 bridgehead atoms. The highest BCUT2D eigenvalue weighted by molar-refractivity contribution is 5.90. The van der Waals surface area contributed by atoms with Crippen molar-refractivity contribution in [3.05, 3.63) is 12.7 Å². The Labute approximate surface area is 69.5 Å². The molecule has 1 nitrogen and oxygen atoms in total. The molecule has 0 aromatic carbocycles. The lowest BCUT2D eigenvalue weighted by atomic mass is 9.92. The van der Waals surface area contributed by atoms with Crippen LogP contribution in [0.5, 0.6) is 0 Å². The SMILES string of the molecule is C=CC(=O)C(C)CC(C)CC. The van der Waals surface area contributed by atoms with Gasteiger partial charge in [0.2, 0.25) is 0 Å². The van der Waals surface area contributed by atoms with Crippen LogP contribution in [0.4, 0.5) is 0 Å². The number of allylic oxidation sites excluding steroid dienone is 1. The van der Waals surface area contributed by atoms with Gasteiger partial charge >= 0.3 is 0 Å². The first-order chi connectivity index (χ1) is 5.11. The molecule has 0 rings (SSSR count). The van der Waals surface area contributed by atoms with Crippen LogP contribution < -0.4 is 0 Å². The van der Waals surface area contributed by atoms with Gasteiger partial charge in [-0.15, -0.1) is 0 Å². The summed E-state index contributed by atoms with van der Waals surface area (Å²) in [6, 6.07) is 0. The Morgan fingerprint density at radius 2 is 2.09 bits per heavy atom. The zero-order chi connectivity index (χ0) is 8.85. The zero-order valence-corrected chi connectivity index (χ0v) is 7.76. The van der Waals surface area contributed by atoms with E-state index >= 15 is 0 Å². The minimum absolute atomic E-state index is 0.155. The molecule has 0 saturated carbocycles. The summed E-state index contributed by atoms with van der Waals surface area (Å²) < 4.78 is 0. The summed E-state index contributed by atoms with van der Waals surface area (Å²) in [5, 5.41) is 0. The second-order valence-electron chi connectivity index (χ2n) is 3.26. The minimum atomic E-state index is 0.155. The molecular formula is C10H18O. The lowest BCUT2D eigenvalue weighted by Gasteiger charge is -2.12. The Morgan fingerprint density at radius 1 is 1.55 bits per heavy atom. The smallest absolute Gasteiger partial charge is 0.157 e. The second-order valence-corrected chi connectivity index (χ2v) is 3.26. The molecule has 0 aromatic heterocycles. The Kier molecular flexibility index (Phi) is 4.84. The van der Waals surface area contributed by atoms with Crippen LogP contribution >= 0.6 is 0 Å². The molecular weight excluding hydrogens is 136 g/mol. The maximum Gasteiger partial charge on any atom is 0.157 e. The molecule has 0 aromatic rings. The zero-order valence-electron chi connectivity index (χ0n) is 7.76. The molecule has 0 spiro atoms. The van der Waals surface area contributed by atoms with Gasteiger partial charge in [-0.1, -0.05) is 33.8 Å². The van der Waals surface area contributed by atoms with Gasteiger partial charge in [0.15, 0.2) is 5.78 Å². The maximum atomic E-state index is 11.0. The van der Waals surface area contributed by atoms with Gasteiger partial charge in [-0.2, -0.15) is 0 Å². The topological polar surface area (TPSA) is 17.1 Å². The predicted molar refractivity (Wildman–Crippen MR) is 48.4 cm³/mol. The van der Waals surface area contributed by atoms with Crippen LogP contribution in [0.25, 0.3) is 0 Å². The second kappa shape index (κ2) is 5.11. The van der Waals surface area contributed by atoms with Crippen molar-refractivity contribution in [2.24, 2.45) is 11.8 Å². The third-order valence-corrected chi connectivity index (χ3v) is 2.14. The Balaban J connectivity index is 3.76. The van der Waals surface area contributed by atoms with E-state index in [1.165, 1.54) is 6.08 Å². The molecule has 11 heavy (non-hydrogen) atoms. The van der Waals surface area contributed by atoms with E-state index < -0.39 is 0 Å². The summed E-state index contributed by atoms with van der Waals surface area (Å²) in [6.45, 7) is 9.76. The third-order valence-electron chi connectivity index (χ3n) is 2.14. The molecule has 0 aliphatic carbocycles. The number of carbonyl (C=O) groups is 1. The van der Waals surface area contributed by atoms with Crippen molar-refractivity contribution in [1.29, 1.82) is 0 Å². The normalized spacial score (nSPS) is 15.5. The van der Waals surface area contributed by atoms with E-state index in [2.05, 4.69) is 20.4 Å². The van der Waals surface area contributed by atoms with E-state index in [9.17, 15) is 4.79 Å². The first-order valence-corrected chi connectivity index (χ1v) is 4.28. The van der Waals surface area contributed by atoms with Crippen molar-refractivity contribution in [3.8, 4) is 0 Å². The minimum Gasteiger partial charge on any atom is -0.295 e. The highest BCUT2D eigenvalue weighted by atomic mass is 16.1. The van der Waals surface area contributed by atoms with Gasteiger partial charge in [0.05, 0.1) is 0 Å². The van der Waals surface area contributed by atoms with E-state index in [4.69, 9.17) is 0 Å². The fourth-order valence-corrected chi connectivity index (χ4v) is 1.09. The lowest BCUT2D eigenvalue weighted by molar-refractivity contribution is -0.118. The lowest BCUT2D eigenvalue weighted by Crippen LogP contribution is -2.11. The summed E-state index contributed by atoms with van der Waals surface area (Å²) in [7, 11) is 0. The van der Waals surface area contributed by atoms with Gasteiger partial charge in [-0.25, -0.2) is 0 Å². The largest absolute Gasteiger partial charge is 0.295 e. The van der Waals surface area contributed by atoms with Gasteiger partial charge in [0.1, 0.15) is 0 Å². The summed E-state index contributed by atoms with van der Waals surface area (Å²) in [5.41, 5.74) is 0. The molecule has 0 N–H and O–H groups in total. The predicted octanol–water partition coefficient (Wildman–Crippen LogP) is 2.81. The first kappa shape index (κ1) is 10.4. The van der Waals surface area contributed by atoms with Gasteiger partial charge in [0.25, 0.3) is 0 Å². The van der Waals surface area contributed by atoms with Gasteiger partial charge in [0, 0.05) is 5.92 Å². The highest BCUT2D eigenvalue weighted by Gasteiger charge is 2.11. The summed E-state index contributed by atoms with van der Waals surface area (Å²) in [6.07, 6.45) is 3.56. The fourth-order valence-electron chi connectivity index (χ4n) is 1.09. The molecule has 0 amide bonds. The number of carbonyl (C=O) groups excluding carboxylic acids is 1. The van der Waals surface area contributed by atoms with Crippen molar-refractivity contribution < 1.29 is 4.79 Å². The summed E-state index contributed by atoms with van der Waals surface area (Å²) in [4.78, 5) is 11.0. The van der Waals surface area contributed by atoms with Crippen molar-refractivity contribution >= 4 is 5.78 Å². The van der Waals surface area contributed by atoms with Crippen LogP contribution in [0.2, 0.25) is 0 Å². The van der Waals surface area contributed by atoms with E-state index in [1.807, 2.05) is 6.92 Å². The quantitative estimate of drug-likeness (QED) is 0.556. The van der Waals surface area contributed by atoms with Crippen LogP contribution in [0.3, 0.4) is 0 Å². The molecule has 0 radical (unpaired) electrons. The maximum absolute atomic E-state index is 11.0. The summed E-state index contributed by atoms with van der Waals surface area (Å²) in [5.74, 6) is 0.974. The van der Waals surface area contributed by atoms with Gasteiger partial charge in [-0.3, -0.25) is 4.79 Å². The van der Waals surface area contributed by atoms with E-state index in [-0.39, 0.29) is 11.7 Å². The van der Waals surface area contributed by atoms with E-state index in [1.54, 1.807) is 0 Å². The molecule has 0 aliphatic heterocycles. The number of rotatable bonds is 5. The van der Waals surface area contributed by atoms with Crippen LogP contribution in [-0.2, 0) is 4.79 Å². The van der Waals surface area contributed by atoms with Crippen molar-refractivity contribution in [1.82, 2.24) is 0 Å². The van der Waals surface area contributed by atoms with Crippen molar-refractivity contribution in [2.75, 3.05) is 0 Å². The molecule has 64 valence electrons. The molecule has 0 heterocycles. The van der Waals surface area contributed by atoms with E-state index in [0.717, 1.165) is 12.8 Å². The number of hydrogen-bond acceptors (Lipinski definition) is 1. The molecule has 0 fully saturated rings. The Morgan fingerprint density at radius 3 is 2.45 bits per heavy atom. The fraction of sp³-hybridized carbons (Fsp3) is 0.700. The Hall–Kier alpha value is -0.590. The third kappa shape index (κ3) is 3.97. The average molecular weight is 154 g/mol. The van der Waals surface area contributed by atoms with Crippen LogP contribution in [-0.4, -0.2) is 5.78 Å². The van der Waals surface area contributed by atoms with Crippen LogP contribution in [0.15, 0.2) is 12.7 Å². The molecule has 0 aliphatic rings. The molecule has 1 heteroatoms. The summed E-state index contributed by atoms with van der Waals surface area (Å²) >= 11 is 0. The highest BCUT2D eigenvalue weighted by Crippen LogP contribution is 2.15. The Bertz CT molecular complexity index is 138. The van der Waals surface area contributed by atoms with Crippen LogP contribution in [0.1, 0.15) is 33.6 Å². The molecule has 2 unspecified atom stereocenters. The number of hydrogen-bond donors (Lipinski definition) is 0. The van der Waals surface area contributed by atoms with E-state index in [0.29, 0.717) is 5.92 Å². The van der Waals surface area contributed by atoms with Crippen molar-refractivity contribution in [2.45, 2.75) is 33.6 Å². The number of ketones is 1. The standard InChI is InChI=1S/C10H18O/c1-5-8(3)7-9(4)10(11)6-2/h6,8-9H,2,5,7H2,1,3-4H3. The first-order valence-electron chi connectivity index (χ1n) is 4.28. The van der Waals surface area contributed by atoms with Crippen molar-refractivity contribution in [3.63, 3.8) is 0 Å². The molecule has 2 atom stereocenters. The van der Waals surface area contributed by atoms with Crippen LogP contribution in [0, 0.1) is 11.8 Å². The molecule has 0 saturated heterocycles. The average Bonchev–Trinajstić information content (AvgIpc) is 2.02.